The quantitative estimate of drug-likeness (QED) is 0.283. The van der Waals surface area contributed by atoms with Crippen molar-refractivity contribution in [1.29, 1.82) is 0 Å². The highest BCUT2D eigenvalue weighted by Crippen LogP contribution is 2.37. The molecule has 1 aliphatic carbocycles. The topological polar surface area (TPSA) is 118 Å². The fourth-order valence-electron chi connectivity index (χ4n) is 4.67. The zero-order chi connectivity index (χ0) is 26.1. The molecule has 0 spiro atoms. The van der Waals surface area contributed by atoms with E-state index in [0.29, 0.717) is 11.1 Å². The molecule has 0 fully saturated rings. The number of carboxylic acid groups (broad SMARTS) is 1. The van der Waals surface area contributed by atoms with E-state index in [0.717, 1.165) is 22.3 Å². The van der Waals surface area contributed by atoms with Crippen molar-refractivity contribution in [3.8, 4) is 5.75 Å². The van der Waals surface area contributed by atoms with Gasteiger partial charge in [-0.3, -0.25) is 19.1 Å². The molecule has 0 unspecified atom stereocenters. The molecule has 4 aromatic rings. The molecule has 0 amide bonds. The maximum absolute atomic E-state index is 13.2. The molecule has 0 saturated heterocycles. The number of benzene rings is 3. The van der Waals surface area contributed by atoms with Crippen LogP contribution >= 0.6 is 0 Å². The predicted molar refractivity (Wildman–Crippen MR) is 138 cm³/mol. The van der Waals surface area contributed by atoms with E-state index in [2.05, 4.69) is 4.98 Å². The van der Waals surface area contributed by atoms with Crippen LogP contribution < -0.4 is 16.0 Å². The number of fused-ring (bicyclic) bond motifs is 2. The van der Waals surface area contributed by atoms with E-state index >= 15 is 0 Å². The molecule has 184 valence electrons. The van der Waals surface area contributed by atoms with Crippen molar-refractivity contribution >= 4 is 24.1 Å². The molecule has 8 heteroatoms. The van der Waals surface area contributed by atoms with E-state index in [-0.39, 0.29) is 17.9 Å². The molecule has 0 aliphatic heterocycles. The lowest BCUT2D eigenvalue weighted by atomic mass is 9.83. The summed E-state index contributed by atoms with van der Waals surface area (Å²) in [5.41, 5.74) is 3.34. The molecule has 5 rings (SSSR count). The van der Waals surface area contributed by atoms with Gasteiger partial charge in [0.2, 0.25) is 0 Å². The number of carboxylic acids is 1. The van der Waals surface area contributed by atoms with Gasteiger partial charge in [0.05, 0.1) is 6.54 Å². The smallest absolute Gasteiger partial charge is 0.339 e. The largest absolute Gasteiger partial charge is 0.478 e. The van der Waals surface area contributed by atoms with Crippen LogP contribution in [0.3, 0.4) is 0 Å². The minimum Gasteiger partial charge on any atom is -0.478 e. The molecule has 0 saturated carbocycles. The lowest BCUT2D eigenvalue weighted by molar-refractivity contribution is -0.131. The standard InChI is InChI=1S/C29H22N2O6/c1-17(32)37-25-13-10-18(14-23(25)28(34)35)15-31-16-24(27(33)30-29(31)36)26-21-8-4-2-6-19(21)11-12-20-7-3-5-9-22(20)26/h2-14,16,26H,15H2,1H3,(H,34,35)(H,30,33,36). The van der Waals surface area contributed by atoms with Gasteiger partial charge in [0.15, 0.2) is 0 Å². The second kappa shape index (κ2) is 9.58. The Morgan fingerprint density at radius 1 is 0.919 bits per heavy atom. The zero-order valence-electron chi connectivity index (χ0n) is 19.8. The van der Waals surface area contributed by atoms with E-state index in [1.807, 2.05) is 60.7 Å². The molecule has 0 radical (unpaired) electrons. The van der Waals surface area contributed by atoms with Crippen LogP contribution in [-0.2, 0) is 11.3 Å². The second-order valence-corrected chi connectivity index (χ2v) is 8.73. The Morgan fingerprint density at radius 2 is 1.54 bits per heavy atom. The maximum Gasteiger partial charge on any atom is 0.339 e. The number of hydrogen-bond acceptors (Lipinski definition) is 5. The third kappa shape index (κ3) is 4.64. The first-order chi connectivity index (χ1) is 17.8. The van der Waals surface area contributed by atoms with Crippen molar-refractivity contribution in [3.63, 3.8) is 0 Å². The number of nitrogens with one attached hydrogen (secondary N) is 1. The van der Waals surface area contributed by atoms with Crippen molar-refractivity contribution in [3.05, 3.63) is 133 Å². The molecule has 1 heterocycles. The van der Waals surface area contributed by atoms with Crippen molar-refractivity contribution in [2.24, 2.45) is 0 Å². The summed E-state index contributed by atoms with van der Waals surface area (Å²) in [7, 11) is 0. The number of H-pyrrole nitrogens is 1. The lowest BCUT2D eigenvalue weighted by Crippen LogP contribution is -2.33. The average molecular weight is 495 g/mol. The highest BCUT2D eigenvalue weighted by atomic mass is 16.5. The SMILES string of the molecule is CC(=O)Oc1ccc(Cn2cc(C3c4ccccc4C=Cc4ccccc43)c(=O)[nH]c2=O)cc1C(=O)O. The number of aromatic carboxylic acids is 1. The Bertz CT molecular complexity index is 1650. The van der Waals surface area contributed by atoms with Gasteiger partial charge < -0.3 is 9.84 Å². The van der Waals surface area contributed by atoms with Crippen molar-refractivity contribution in [2.75, 3.05) is 0 Å². The van der Waals surface area contributed by atoms with Gasteiger partial charge in [0.1, 0.15) is 11.3 Å². The summed E-state index contributed by atoms with van der Waals surface area (Å²) in [6.45, 7) is 1.18. The Labute approximate surface area is 211 Å². The summed E-state index contributed by atoms with van der Waals surface area (Å²) in [5.74, 6) is -2.43. The first-order valence-electron chi connectivity index (χ1n) is 11.6. The maximum atomic E-state index is 13.2. The summed E-state index contributed by atoms with van der Waals surface area (Å²) < 4.78 is 6.33. The molecule has 1 aliphatic rings. The summed E-state index contributed by atoms with van der Waals surface area (Å²) in [5, 5.41) is 9.57. The van der Waals surface area contributed by atoms with Crippen LogP contribution in [-0.4, -0.2) is 26.6 Å². The van der Waals surface area contributed by atoms with Crippen molar-refractivity contribution in [2.45, 2.75) is 19.4 Å². The third-order valence-electron chi connectivity index (χ3n) is 6.29. The predicted octanol–water partition coefficient (Wildman–Crippen LogP) is 3.87. The summed E-state index contributed by atoms with van der Waals surface area (Å²) in [6.07, 6.45) is 5.55. The van der Waals surface area contributed by atoms with Crippen LogP contribution in [0.15, 0.2) is 82.5 Å². The summed E-state index contributed by atoms with van der Waals surface area (Å²) in [6, 6.07) is 19.9. The summed E-state index contributed by atoms with van der Waals surface area (Å²) >= 11 is 0. The highest BCUT2D eigenvalue weighted by Gasteiger charge is 2.26. The van der Waals surface area contributed by atoms with Gasteiger partial charge in [0, 0.05) is 24.6 Å². The van der Waals surface area contributed by atoms with Crippen LogP contribution in [0.4, 0.5) is 0 Å². The van der Waals surface area contributed by atoms with Gasteiger partial charge in [0.25, 0.3) is 5.56 Å². The Hall–Kier alpha value is -4.98. The molecule has 3 aromatic carbocycles. The fraction of sp³-hybridized carbons (Fsp3) is 0.103. The number of ether oxygens (including phenoxy) is 1. The van der Waals surface area contributed by atoms with E-state index in [4.69, 9.17) is 4.74 Å². The zero-order valence-corrected chi connectivity index (χ0v) is 19.8. The Kier molecular flexibility index (Phi) is 6.15. The molecule has 0 atom stereocenters. The number of aromatic nitrogens is 2. The van der Waals surface area contributed by atoms with Gasteiger partial charge in [-0.2, -0.15) is 0 Å². The molecule has 37 heavy (non-hydrogen) atoms. The lowest BCUT2D eigenvalue weighted by Gasteiger charge is -2.21. The number of carbonyl (C=O) groups excluding carboxylic acids is 1. The molecule has 0 bridgehead atoms. The second-order valence-electron chi connectivity index (χ2n) is 8.73. The normalized spacial score (nSPS) is 12.4. The molecule has 8 nitrogen and oxygen atoms in total. The Morgan fingerprint density at radius 3 is 2.14 bits per heavy atom. The van der Waals surface area contributed by atoms with E-state index < -0.39 is 29.1 Å². The third-order valence-corrected chi connectivity index (χ3v) is 6.29. The number of nitrogens with zero attached hydrogens (tertiary/aromatic N) is 1. The van der Waals surface area contributed by atoms with Crippen molar-refractivity contribution < 1.29 is 19.4 Å². The van der Waals surface area contributed by atoms with Crippen molar-refractivity contribution in [1.82, 2.24) is 9.55 Å². The number of hydrogen-bond donors (Lipinski definition) is 2. The van der Waals surface area contributed by atoms with Crippen LogP contribution in [0.25, 0.3) is 12.2 Å². The van der Waals surface area contributed by atoms with Crippen LogP contribution in [0.1, 0.15) is 56.6 Å². The molecule has 2 N–H and O–H groups in total. The van der Waals surface area contributed by atoms with Crippen LogP contribution in [0.2, 0.25) is 0 Å². The van der Waals surface area contributed by atoms with Gasteiger partial charge in [-0.1, -0.05) is 66.7 Å². The minimum atomic E-state index is -1.27. The highest BCUT2D eigenvalue weighted by molar-refractivity contribution is 5.92. The summed E-state index contributed by atoms with van der Waals surface area (Å²) in [4.78, 5) is 51.4. The number of carbonyl (C=O) groups is 2. The van der Waals surface area contributed by atoms with Gasteiger partial charge >= 0.3 is 17.6 Å². The number of aromatic amines is 1. The van der Waals surface area contributed by atoms with Gasteiger partial charge in [-0.15, -0.1) is 0 Å². The van der Waals surface area contributed by atoms with E-state index in [9.17, 15) is 24.3 Å². The van der Waals surface area contributed by atoms with Gasteiger partial charge in [-0.05, 0) is 39.9 Å². The van der Waals surface area contributed by atoms with Crippen LogP contribution in [0, 0.1) is 0 Å². The van der Waals surface area contributed by atoms with E-state index in [1.54, 1.807) is 6.07 Å². The number of rotatable bonds is 5. The van der Waals surface area contributed by atoms with E-state index in [1.165, 1.54) is 29.8 Å². The van der Waals surface area contributed by atoms with Gasteiger partial charge in [-0.25, -0.2) is 9.59 Å². The average Bonchev–Trinajstić information content (AvgIpc) is 3.03. The first-order valence-corrected chi connectivity index (χ1v) is 11.6. The van der Waals surface area contributed by atoms with Crippen LogP contribution in [0.5, 0.6) is 5.75 Å². The Balaban J connectivity index is 1.62. The molecule has 1 aromatic heterocycles. The monoisotopic (exact) mass is 494 g/mol. The molecular weight excluding hydrogens is 472 g/mol. The fourth-order valence-corrected chi connectivity index (χ4v) is 4.67. The number of esters is 1. The first kappa shape index (κ1) is 23.7. The molecular formula is C29H22N2O6. The minimum absolute atomic E-state index is 0.00247.